The molecule has 2 aliphatic carbocycles. The average Bonchev–Trinajstić information content (AvgIpc) is 3.52. The number of hydrogen-bond donors (Lipinski definition) is 0. The molecule has 8 heteroatoms. The Morgan fingerprint density at radius 2 is 1.70 bits per heavy atom. The number of hydrazine groups is 1. The molecular weight excluding hydrogens is 424 g/mol. The number of carbonyl (C=O) groups excluding carboxylic acids is 4. The lowest BCUT2D eigenvalue weighted by molar-refractivity contribution is -0.154. The van der Waals surface area contributed by atoms with Crippen molar-refractivity contribution < 1.29 is 19.2 Å². The number of ketones is 1. The largest absolute Gasteiger partial charge is 0.291 e. The number of rotatable bonds is 5. The first-order chi connectivity index (χ1) is 14.5. The second kappa shape index (κ2) is 7.18. The van der Waals surface area contributed by atoms with Gasteiger partial charge in [0.2, 0.25) is 0 Å². The Bertz CT molecular complexity index is 1070. The number of hydrogen-bond acceptors (Lipinski definition) is 5. The van der Waals surface area contributed by atoms with Crippen molar-refractivity contribution in [2.24, 2.45) is 23.7 Å². The Balaban J connectivity index is 1.52. The van der Waals surface area contributed by atoms with Crippen LogP contribution in [0.5, 0.6) is 0 Å². The first-order valence-corrected chi connectivity index (χ1v) is 10.9. The van der Waals surface area contributed by atoms with Gasteiger partial charge in [0.25, 0.3) is 17.7 Å². The van der Waals surface area contributed by atoms with Crippen LogP contribution in [-0.4, -0.2) is 40.1 Å². The predicted molar refractivity (Wildman–Crippen MR) is 111 cm³/mol. The van der Waals surface area contributed by atoms with Crippen LogP contribution in [0, 0.1) is 23.7 Å². The van der Waals surface area contributed by atoms with Gasteiger partial charge in [-0.3, -0.25) is 19.2 Å². The number of nitrogens with zero attached hydrogens (tertiary/aromatic N) is 2. The lowest BCUT2D eigenvalue weighted by atomic mass is 9.85. The van der Waals surface area contributed by atoms with Crippen LogP contribution in [0.25, 0.3) is 0 Å². The molecule has 30 heavy (non-hydrogen) atoms. The molecular formula is C22H17ClN2O4S. The average molecular weight is 441 g/mol. The summed E-state index contributed by atoms with van der Waals surface area (Å²) in [5.74, 6) is -2.74. The molecule has 1 aliphatic heterocycles. The van der Waals surface area contributed by atoms with Crippen LogP contribution >= 0.6 is 22.9 Å². The Morgan fingerprint density at radius 3 is 2.30 bits per heavy atom. The number of halogens is 1. The highest BCUT2D eigenvalue weighted by atomic mass is 35.5. The molecule has 4 atom stereocenters. The van der Waals surface area contributed by atoms with Crippen molar-refractivity contribution in [1.29, 1.82) is 0 Å². The number of carbonyl (C=O) groups is 4. The van der Waals surface area contributed by atoms with E-state index < -0.39 is 36.1 Å². The molecule has 2 aromatic rings. The van der Waals surface area contributed by atoms with Gasteiger partial charge in [-0.05, 0) is 41.8 Å². The minimum atomic E-state index is -0.646. The number of amides is 3. The first-order valence-electron chi connectivity index (χ1n) is 9.66. The zero-order chi connectivity index (χ0) is 21.0. The third kappa shape index (κ3) is 2.84. The number of imide groups is 1. The summed E-state index contributed by atoms with van der Waals surface area (Å²) in [7, 11) is 0. The highest BCUT2D eigenvalue weighted by Crippen LogP contribution is 2.52. The Hall–Kier alpha value is -2.77. The third-order valence-corrected chi connectivity index (χ3v) is 7.36. The molecule has 1 aromatic carbocycles. The molecule has 1 aromatic heterocycles. The van der Waals surface area contributed by atoms with Gasteiger partial charge in [0, 0.05) is 0 Å². The van der Waals surface area contributed by atoms with Crippen LogP contribution in [0.2, 0.25) is 5.02 Å². The number of benzene rings is 1. The van der Waals surface area contributed by atoms with E-state index >= 15 is 0 Å². The molecule has 0 N–H and O–H groups in total. The van der Waals surface area contributed by atoms with E-state index in [1.54, 1.807) is 35.7 Å². The normalized spacial score (nSPS) is 26.4. The SMILES string of the molecule is O=C(CN(C(=O)c1ccccc1Cl)N1C(=O)[C@@H]2[C@@H](C1=O)[C@H]1C=C[C@@H]2C1)c1cccs1. The van der Waals surface area contributed by atoms with Crippen molar-refractivity contribution in [3.8, 4) is 0 Å². The van der Waals surface area contributed by atoms with E-state index in [0.717, 1.165) is 16.4 Å². The third-order valence-electron chi connectivity index (χ3n) is 6.12. The molecule has 0 spiro atoms. The van der Waals surface area contributed by atoms with E-state index in [9.17, 15) is 19.2 Å². The maximum atomic E-state index is 13.4. The van der Waals surface area contributed by atoms with E-state index in [4.69, 9.17) is 11.6 Å². The second-order valence-corrected chi connectivity index (χ2v) is 9.09. The zero-order valence-electron chi connectivity index (χ0n) is 15.7. The zero-order valence-corrected chi connectivity index (χ0v) is 17.3. The van der Waals surface area contributed by atoms with E-state index in [2.05, 4.69) is 0 Å². The van der Waals surface area contributed by atoms with Crippen LogP contribution in [0.15, 0.2) is 53.9 Å². The fourth-order valence-electron chi connectivity index (χ4n) is 4.78. The molecule has 1 saturated heterocycles. The number of Topliss-reactive ketones (excluding diaryl/α,β-unsaturated/α-hetero) is 1. The monoisotopic (exact) mass is 440 g/mol. The molecule has 3 aliphatic rings. The summed E-state index contributed by atoms with van der Waals surface area (Å²) in [6, 6.07) is 9.78. The summed E-state index contributed by atoms with van der Waals surface area (Å²) in [4.78, 5) is 53.2. The van der Waals surface area contributed by atoms with Crippen molar-refractivity contribution >= 4 is 46.4 Å². The topological polar surface area (TPSA) is 74.8 Å². The van der Waals surface area contributed by atoms with Crippen molar-refractivity contribution in [1.82, 2.24) is 10.0 Å². The highest BCUT2D eigenvalue weighted by molar-refractivity contribution is 7.12. The van der Waals surface area contributed by atoms with Crippen LogP contribution in [-0.2, 0) is 9.59 Å². The van der Waals surface area contributed by atoms with Gasteiger partial charge < -0.3 is 0 Å². The first kappa shape index (κ1) is 19.2. The molecule has 2 heterocycles. The van der Waals surface area contributed by atoms with Gasteiger partial charge in [-0.15, -0.1) is 11.3 Å². The number of thiophene rings is 1. The van der Waals surface area contributed by atoms with Gasteiger partial charge in [0.05, 0.1) is 27.3 Å². The predicted octanol–water partition coefficient (Wildman–Crippen LogP) is 3.45. The summed E-state index contributed by atoms with van der Waals surface area (Å²) in [6.07, 6.45) is 4.75. The smallest absolute Gasteiger partial charge is 0.274 e. The summed E-state index contributed by atoms with van der Waals surface area (Å²) >= 11 is 7.45. The van der Waals surface area contributed by atoms with Gasteiger partial charge in [-0.1, -0.05) is 42.0 Å². The van der Waals surface area contributed by atoms with Gasteiger partial charge in [0.1, 0.15) is 6.54 Å². The molecule has 3 amide bonds. The van der Waals surface area contributed by atoms with Crippen LogP contribution < -0.4 is 0 Å². The molecule has 5 rings (SSSR count). The maximum absolute atomic E-state index is 13.4. The number of allylic oxidation sites excluding steroid dienone is 2. The summed E-state index contributed by atoms with van der Waals surface area (Å²) in [5, 5.41) is 3.83. The molecule has 2 fully saturated rings. The van der Waals surface area contributed by atoms with Crippen molar-refractivity contribution in [3.63, 3.8) is 0 Å². The van der Waals surface area contributed by atoms with Gasteiger partial charge in [-0.25, -0.2) is 5.01 Å². The maximum Gasteiger partial charge on any atom is 0.274 e. The van der Waals surface area contributed by atoms with Crippen molar-refractivity contribution in [2.75, 3.05) is 6.54 Å². The highest BCUT2D eigenvalue weighted by Gasteiger charge is 2.61. The van der Waals surface area contributed by atoms with E-state index in [1.165, 1.54) is 17.4 Å². The summed E-state index contributed by atoms with van der Waals surface area (Å²) < 4.78 is 0. The standard InChI is InChI=1S/C22H17ClN2O4S/c23-15-5-2-1-4-14(15)20(27)24(11-16(26)17-6-3-9-30-17)25-21(28)18-12-7-8-13(10-12)19(18)22(25)29/h1-9,12-13,18-19H,10-11H2/t12-,13+,18-,19-/m0/s1. The molecule has 152 valence electrons. The van der Waals surface area contributed by atoms with Crippen molar-refractivity contribution in [3.05, 3.63) is 69.4 Å². The Labute approximate surface area is 181 Å². The fourth-order valence-corrected chi connectivity index (χ4v) is 5.66. The van der Waals surface area contributed by atoms with Gasteiger partial charge in [0.15, 0.2) is 5.78 Å². The molecule has 0 radical (unpaired) electrons. The van der Waals surface area contributed by atoms with E-state index in [1.807, 2.05) is 12.2 Å². The summed E-state index contributed by atoms with van der Waals surface area (Å²) in [6.45, 7) is -0.412. The lowest BCUT2D eigenvalue weighted by Gasteiger charge is -2.30. The molecule has 2 bridgehead atoms. The lowest BCUT2D eigenvalue weighted by Crippen LogP contribution is -2.52. The van der Waals surface area contributed by atoms with Crippen LogP contribution in [0.4, 0.5) is 0 Å². The quantitative estimate of drug-likeness (QED) is 0.405. The second-order valence-electron chi connectivity index (χ2n) is 7.73. The van der Waals surface area contributed by atoms with Gasteiger partial charge in [-0.2, -0.15) is 5.01 Å². The minimum absolute atomic E-state index is 0.00622. The Kier molecular flexibility index (Phi) is 4.60. The van der Waals surface area contributed by atoms with E-state index in [-0.39, 0.29) is 28.2 Å². The van der Waals surface area contributed by atoms with Crippen LogP contribution in [0.1, 0.15) is 26.5 Å². The molecule has 0 unspecified atom stereocenters. The number of fused-ring (bicyclic) bond motifs is 5. The van der Waals surface area contributed by atoms with Gasteiger partial charge >= 0.3 is 0 Å². The molecule has 6 nitrogen and oxygen atoms in total. The van der Waals surface area contributed by atoms with Crippen LogP contribution in [0.3, 0.4) is 0 Å². The molecule has 1 saturated carbocycles. The van der Waals surface area contributed by atoms with E-state index in [0.29, 0.717) is 4.88 Å². The Morgan fingerprint density at radius 1 is 1.03 bits per heavy atom. The minimum Gasteiger partial charge on any atom is -0.291 e. The van der Waals surface area contributed by atoms with Crippen molar-refractivity contribution in [2.45, 2.75) is 6.42 Å². The fraction of sp³-hybridized carbons (Fsp3) is 0.273. The summed E-state index contributed by atoms with van der Waals surface area (Å²) in [5.41, 5.74) is 0.136.